The zero-order valence-corrected chi connectivity index (χ0v) is 24.1. The molecule has 2 aromatic rings. The number of anilines is 1. The summed E-state index contributed by atoms with van der Waals surface area (Å²) in [7, 11) is 0. The highest BCUT2D eigenvalue weighted by Gasteiger charge is 2.41. The highest BCUT2D eigenvalue weighted by Crippen LogP contribution is 2.31. The molecule has 0 aromatic carbocycles. The summed E-state index contributed by atoms with van der Waals surface area (Å²) in [5.74, 6) is -1.56. The predicted octanol–water partition coefficient (Wildman–Crippen LogP) is -1.46. The molecule has 6 atom stereocenters. The number of nitrogens with two attached hydrogens (primary N) is 1. The van der Waals surface area contributed by atoms with Crippen LogP contribution in [0.1, 0.15) is 38.6 Å². The number of nitrogens with one attached hydrogen (secondary N) is 3. The van der Waals surface area contributed by atoms with Crippen molar-refractivity contribution in [3.63, 3.8) is 0 Å². The van der Waals surface area contributed by atoms with Gasteiger partial charge in [0.25, 0.3) is 5.56 Å². The van der Waals surface area contributed by atoms with E-state index in [1.54, 1.807) is 0 Å². The first-order valence-corrected chi connectivity index (χ1v) is 14.3. The summed E-state index contributed by atoms with van der Waals surface area (Å²) in [6, 6.07) is 0.738. The molecule has 1 amide bonds. The van der Waals surface area contributed by atoms with Gasteiger partial charge in [0.1, 0.15) is 59.7 Å². The fourth-order valence-corrected chi connectivity index (χ4v) is 5.45. The quantitative estimate of drug-likeness (QED) is 0.118. The monoisotopic (exact) mass is 636 g/mol. The van der Waals surface area contributed by atoms with Gasteiger partial charge in [0, 0.05) is 44.0 Å². The number of hydrogen-bond acceptors (Lipinski definition) is 15. The number of carbonyl (C=O) groups excluding carboxylic acids is 3. The van der Waals surface area contributed by atoms with Crippen LogP contribution < -0.4 is 32.9 Å². The highest BCUT2D eigenvalue weighted by atomic mass is 32.2. The highest BCUT2D eigenvalue weighted by molar-refractivity contribution is 8.00. The molecule has 0 unspecified atom stereocenters. The minimum atomic E-state index is -1.16. The predicted molar refractivity (Wildman–Crippen MR) is 149 cm³/mol. The third-order valence-corrected chi connectivity index (χ3v) is 7.63. The van der Waals surface area contributed by atoms with Gasteiger partial charge < -0.3 is 30.0 Å². The maximum absolute atomic E-state index is 12.7. The molecule has 236 valence electrons. The van der Waals surface area contributed by atoms with E-state index in [4.69, 9.17) is 30.2 Å². The molecule has 2 aliphatic rings. The van der Waals surface area contributed by atoms with Crippen LogP contribution in [0.25, 0.3) is 0 Å². The number of thioether (sulfide) groups is 1. The third-order valence-electron chi connectivity index (χ3n) is 6.54. The molecule has 4 heterocycles. The summed E-state index contributed by atoms with van der Waals surface area (Å²) in [6.07, 6.45) is 0.102. The molecule has 0 radical (unpaired) electrons. The largest absolute Gasteiger partial charge is 0.463 e. The van der Waals surface area contributed by atoms with Crippen LogP contribution in [0, 0.1) is 5.53 Å². The Morgan fingerprint density at radius 1 is 1.20 bits per heavy atom. The van der Waals surface area contributed by atoms with Crippen LogP contribution in [0.2, 0.25) is 0 Å². The summed E-state index contributed by atoms with van der Waals surface area (Å²) in [6.45, 7) is 0.735. The van der Waals surface area contributed by atoms with Crippen molar-refractivity contribution in [2.24, 2.45) is 5.11 Å². The van der Waals surface area contributed by atoms with E-state index < -0.39 is 70.9 Å². The molecule has 4 rings (SSSR count). The van der Waals surface area contributed by atoms with Gasteiger partial charge in [-0.3, -0.25) is 28.5 Å². The van der Waals surface area contributed by atoms with E-state index in [9.17, 15) is 28.8 Å². The molecule has 0 bridgehead atoms. The summed E-state index contributed by atoms with van der Waals surface area (Å²) in [4.78, 5) is 81.3. The van der Waals surface area contributed by atoms with Gasteiger partial charge in [-0.15, -0.1) is 11.8 Å². The van der Waals surface area contributed by atoms with Gasteiger partial charge in [0.2, 0.25) is 10.8 Å². The number of hydrogen-bond donors (Lipinski definition) is 4. The number of aromatic nitrogens is 4. The molecule has 2 aromatic heterocycles. The van der Waals surface area contributed by atoms with Gasteiger partial charge in [-0.25, -0.2) is 14.4 Å². The van der Waals surface area contributed by atoms with Crippen molar-refractivity contribution in [2.45, 2.75) is 62.3 Å². The summed E-state index contributed by atoms with van der Waals surface area (Å²) in [5, 5.41) is 6.21. The van der Waals surface area contributed by atoms with E-state index in [-0.39, 0.29) is 38.3 Å². The molecular weight excluding hydrogens is 606 g/mol. The van der Waals surface area contributed by atoms with Gasteiger partial charge >= 0.3 is 23.3 Å². The number of nitrogens with zero attached hydrogens (tertiary/aromatic N) is 5. The Balaban J connectivity index is 1.26. The van der Waals surface area contributed by atoms with Crippen LogP contribution in [0.5, 0.6) is 0 Å². The van der Waals surface area contributed by atoms with Gasteiger partial charge in [-0.2, -0.15) is 4.98 Å². The lowest BCUT2D eigenvalue weighted by molar-refractivity contribution is -0.152. The van der Waals surface area contributed by atoms with Crippen molar-refractivity contribution in [3.05, 3.63) is 55.8 Å². The van der Waals surface area contributed by atoms with E-state index in [2.05, 4.69) is 25.3 Å². The molecule has 44 heavy (non-hydrogen) atoms. The second kappa shape index (κ2) is 14.7. The number of amides is 1. The molecule has 0 aliphatic carbocycles. The number of H-pyrrole nitrogens is 1. The first kappa shape index (κ1) is 32.3. The van der Waals surface area contributed by atoms with Crippen LogP contribution in [-0.4, -0.2) is 79.5 Å². The molecule has 2 saturated heterocycles. The topological polar surface area (TPSA) is 266 Å². The Labute approximate surface area is 251 Å². The molecule has 2 aliphatic heterocycles. The SMILES string of the molecule is CC(=O)N[C@@H](CCC(=O)OC[C@H]1O[C@@H](n2ccc(=O)[nH]c2=O)C[C@@H]1N=[N+]=N)C(=O)OC[C@@H]1O[C@H](n2ccc(N)nc2=O)CS1. The van der Waals surface area contributed by atoms with Crippen molar-refractivity contribution in [2.75, 3.05) is 24.7 Å². The Hall–Kier alpha value is -4.65. The number of esters is 2. The smallest absolute Gasteiger partial charge is 0.351 e. The lowest BCUT2D eigenvalue weighted by atomic mass is 10.1. The van der Waals surface area contributed by atoms with Crippen molar-refractivity contribution in [1.29, 1.82) is 5.53 Å². The van der Waals surface area contributed by atoms with E-state index in [1.165, 1.54) is 41.7 Å². The minimum Gasteiger partial charge on any atom is -0.463 e. The van der Waals surface area contributed by atoms with Crippen molar-refractivity contribution >= 4 is 35.4 Å². The number of ether oxygens (including phenoxy) is 4. The second-order valence-corrected chi connectivity index (χ2v) is 10.9. The Morgan fingerprint density at radius 3 is 2.68 bits per heavy atom. The zero-order valence-electron chi connectivity index (χ0n) is 23.3. The standard InChI is InChI=1S/C24H29N9O10S/c1-12(34)27-13(22(37)41-10-21-43-19(11-44-21)33-6-4-16(25)28-23(33)38)2-3-20(36)40-9-15-14(30-31-26)8-18(42-15)32-7-5-17(35)29-24(32)39/h4-7,13-15,18-19,21,26H,2-3,8-11H2,1H3,(H3-,25,27,28,29,34,35,38,39)/p+1/t13-,14-,15+,18+,19-,21+/m0/s1. The van der Waals surface area contributed by atoms with E-state index in [0.717, 1.165) is 10.6 Å². The van der Waals surface area contributed by atoms with E-state index in [1.807, 2.05) is 0 Å². The second-order valence-electron chi connectivity index (χ2n) is 9.67. The van der Waals surface area contributed by atoms with E-state index in [0.29, 0.717) is 5.75 Å². The third kappa shape index (κ3) is 8.47. The molecule has 0 spiro atoms. The summed E-state index contributed by atoms with van der Waals surface area (Å²) >= 11 is 1.31. The van der Waals surface area contributed by atoms with Crippen LogP contribution in [0.15, 0.2) is 44.0 Å². The van der Waals surface area contributed by atoms with Crippen LogP contribution in [0.3, 0.4) is 0 Å². The molecule has 19 nitrogen and oxygen atoms in total. The maximum atomic E-state index is 12.7. The number of carbonyl (C=O) groups is 3. The van der Waals surface area contributed by atoms with E-state index >= 15 is 0 Å². The van der Waals surface area contributed by atoms with Gasteiger partial charge in [0.15, 0.2) is 6.04 Å². The fraction of sp³-hybridized carbons (Fsp3) is 0.542. The zero-order chi connectivity index (χ0) is 31.8. The number of nitrogen functional groups attached to an aromatic ring is 1. The van der Waals surface area contributed by atoms with Crippen LogP contribution in [-0.2, 0) is 33.3 Å². The van der Waals surface area contributed by atoms with Crippen molar-refractivity contribution in [3.8, 4) is 0 Å². The summed E-state index contributed by atoms with van der Waals surface area (Å²) in [5.41, 5.74) is 10.1. The molecule has 5 N–H and O–H groups in total. The first-order chi connectivity index (χ1) is 21.0. The Bertz CT molecular complexity index is 1600. The van der Waals surface area contributed by atoms with Gasteiger partial charge in [-0.1, -0.05) is 0 Å². The maximum Gasteiger partial charge on any atom is 0.351 e. The molecule has 2 fully saturated rings. The lowest BCUT2D eigenvalue weighted by Gasteiger charge is -2.19. The minimum absolute atomic E-state index is 0.0798. The molecule has 0 saturated carbocycles. The van der Waals surface area contributed by atoms with Crippen molar-refractivity contribution in [1.82, 2.24) is 29.3 Å². The Kier molecular flexibility index (Phi) is 10.8. The normalized spacial score (nSPS) is 23.3. The molecule has 20 heteroatoms. The fourth-order valence-electron chi connectivity index (χ4n) is 4.46. The van der Waals surface area contributed by atoms with Gasteiger partial charge in [0.05, 0.1) is 0 Å². The molecular formula is C24H30N9O10S+. The lowest BCUT2D eigenvalue weighted by Crippen LogP contribution is -2.42. The van der Waals surface area contributed by atoms with Gasteiger partial charge in [-0.05, 0) is 12.5 Å². The Morgan fingerprint density at radius 2 is 1.98 bits per heavy atom. The van der Waals surface area contributed by atoms with Crippen molar-refractivity contribution < 1.29 is 33.3 Å². The summed E-state index contributed by atoms with van der Waals surface area (Å²) < 4.78 is 24.6. The first-order valence-electron chi connectivity index (χ1n) is 13.3. The average Bonchev–Trinajstić information content (AvgIpc) is 3.60. The number of aromatic amines is 1. The van der Waals surface area contributed by atoms with Crippen LogP contribution >= 0.6 is 11.8 Å². The van der Waals surface area contributed by atoms with Crippen LogP contribution in [0.4, 0.5) is 5.82 Å². The average molecular weight is 637 g/mol. The number of rotatable bonds is 12.